The molecule has 0 aliphatic carbocycles. The fourth-order valence-corrected chi connectivity index (χ4v) is 9.93. The molecule has 3 N–H and O–H groups in total. The highest BCUT2D eigenvalue weighted by atomic mass is 16.5. The molecule has 0 aromatic heterocycles. The van der Waals surface area contributed by atoms with Gasteiger partial charge in [-0.3, -0.25) is 48.4 Å². The van der Waals surface area contributed by atoms with E-state index >= 15 is 0 Å². The van der Waals surface area contributed by atoms with E-state index in [2.05, 4.69) is 16.0 Å². The van der Waals surface area contributed by atoms with Gasteiger partial charge in [0.1, 0.15) is 23.6 Å². The van der Waals surface area contributed by atoms with Crippen molar-refractivity contribution in [2.45, 2.75) is 96.8 Å². The Morgan fingerprint density at radius 2 is 1.22 bits per heavy atom. The highest BCUT2D eigenvalue weighted by Gasteiger charge is 2.36. The number of nitrogens with one attached hydrogen (secondary N) is 3. The van der Waals surface area contributed by atoms with Crippen molar-refractivity contribution in [1.29, 1.82) is 0 Å². The second-order valence-electron chi connectivity index (χ2n) is 20.3. The van der Waals surface area contributed by atoms with Crippen LogP contribution in [0.15, 0.2) is 107 Å². The summed E-state index contributed by atoms with van der Waals surface area (Å²) in [7, 11) is 3.15. The van der Waals surface area contributed by atoms with Gasteiger partial charge in [0.05, 0.1) is 62.0 Å². The van der Waals surface area contributed by atoms with E-state index in [4.69, 9.17) is 28.9 Å². The second-order valence-corrected chi connectivity index (χ2v) is 20.3. The van der Waals surface area contributed by atoms with Crippen molar-refractivity contribution < 1.29 is 52.5 Å². The summed E-state index contributed by atoms with van der Waals surface area (Å²) < 4.78 is 23.4. The Morgan fingerprint density at radius 3 is 1.80 bits per heavy atom. The molecule has 0 bridgehead atoms. The van der Waals surface area contributed by atoms with E-state index < -0.39 is 23.9 Å². The number of imide groups is 1. The first-order valence-corrected chi connectivity index (χ1v) is 26.6. The first kappa shape index (κ1) is 54.9. The van der Waals surface area contributed by atoms with Gasteiger partial charge in [-0.15, -0.1) is 0 Å². The predicted octanol–water partition coefficient (Wildman–Crippen LogP) is 7.87. The molecule has 0 fully saturated rings. The number of benzene rings is 4. The number of carbonyl (C=O) groups is 7. The van der Waals surface area contributed by atoms with Crippen LogP contribution in [0.25, 0.3) is 11.1 Å². The third-order valence-corrected chi connectivity index (χ3v) is 14.4. The number of methoxy groups -OCH3 is 2. The molecule has 7 amide bonds. The maximum Gasteiger partial charge on any atom is 0.260 e. The second kappa shape index (κ2) is 24.2. The minimum absolute atomic E-state index is 0.116. The topological polar surface area (TPSA) is 227 Å². The Kier molecular flexibility index (Phi) is 16.8. The molecule has 19 heteroatoms. The van der Waals surface area contributed by atoms with E-state index in [0.29, 0.717) is 90.6 Å². The summed E-state index contributed by atoms with van der Waals surface area (Å²) in [5, 5.41) is 8.34. The van der Waals surface area contributed by atoms with Gasteiger partial charge < -0.3 is 44.7 Å². The van der Waals surface area contributed by atoms with E-state index in [0.717, 1.165) is 38.5 Å². The molecule has 5 aliphatic rings. The highest BCUT2D eigenvalue weighted by Crippen LogP contribution is 2.41. The van der Waals surface area contributed by atoms with Crippen molar-refractivity contribution in [2.75, 3.05) is 39.3 Å². The molecule has 0 saturated heterocycles. The molecule has 410 valence electrons. The zero-order chi connectivity index (χ0) is 55.9. The number of unbranched alkanes of at least 4 members (excludes halogenated alkanes) is 2. The lowest BCUT2D eigenvalue weighted by molar-refractivity contribution is -0.137. The van der Waals surface area contributed by atoms with Gasteiger partial charge in [0, 0.05) is 87.0 Å². The first-order chi connectivity index (χ1) is 38.1. The van der Waals surface area contributed by atoms with Gasteiger partial charge in [-0.25, -0.2) is 0 Å². The number of aryl methyl sites for hydroxylation is 1. The third kappa shape index (κ3) is 12.5. The minimum Gasteiger partial charge on any atom is -0.497 e. The summed E-state index contributed by atoms with van der Waals surface area (Å²) in [5.41, 5.74) is 7.02. The van der Waals surface area contributed by atoms with Crippen LogP contribution in [0.3, 0.4) is 0 Å². The van der Waals surface area contributed by atoms with Gasteiger partial charge in [-0.1, -0.05) is 44.5 Å². The van der Waals surface area contributed by atoms with Crippen molar-refractivity contribution in [3.05, 3.63) is 125 Å². The molecule has 0 radical (unpaired) electrons. The van der Waals surface area contributed by atoms with Crippen molar-refractivity contribution >= 4 is 82.0 Å². The van der Waals surface area contributed by atoms with Gasteiger partial charge in [0.25, 0.3) is 23.6 Å². The van der Waals surface area contributed by atoms with E-state index in [9.17, 15) is 33.6 Å². The Labute approximate surface area is 458 Å². The Bertz CT molecular complexity index is 3200. The van der Waals surface area contributed by atoms with Crippen molar-refractivity contribution in [2.24, 2.45) is 15.9 Å². The molecule has 79 heavy (non-hydrogen) atoms. The van der Waals surface area contributed by atoms with Crippen LogP contribution < -0.4 is 34.9 Å². The number of ether oxygens (including phenoxy) is 4. The maximum absolute atomic E-state index is 14.1. The Balaban J connectivity index is 0.733. The van der Waals surface area contributed by atoms with Gasteiger partial charge in [-0.05, 0) is 96.8 Å². The van der Waals surface area contributed by atoms with E-state index in [1.54, 1.807) is 68.2 Å². The van der Waals surface area contributed by atoms with Crippen LogP contribution >= 0.6 is 0 Å². The molecule has 4 aromatic rings. The van der Waals surface area contributed by atoms with Crippen LogP contribution in [-0.4, -0.2) is 127 Å². The van der Waals surface area contributed by atoms with Crippen molar-refractivity contribution in [3.8, 4) is 23.0 Å². The highest BCUT2D eigenvalue weighted by molar-refractivity contribution is 6.13. The van der Waals surface area contributed by atoms with E-state index in [1.165, 1.54) is 19.3 Å². The summed E-state index contributed by atoms with van der Waals surface area (Å²) in [6.07, 6.45) is 13.3. The van der Waals surface area contributed by atoms with Crippen LogP contribution in [0.2, 0.25) is 0 Å². The van der Waals surface area contributed by atoms with Gasteiger partial charge in [0.15, 0.2) is 11.5 Å². The summed E-state index contributed by atoms with van der Waals surface area (Å²) in [4.78, 5) is 105. The molecule has 19 nitrogen and oxygen atoms in total. The fourth-order valence-electron chi connectivity index (χ4n) is 9.93. The number of amides is 7. The van der Waals surface area contributed by atoms with Crippen LogP contribution in [0.4, 0.5) is 17.1 Å². The summed E-state index contributed by atoms with van der Waals surface area (Å²) >= 11 is 0. The average Bonchev–Trinajstić information content (AvgIpc) is 4.17. The number of anilines is 1. The van der Waals surface area contributed by atoms with Crippen LogP contribution in [-0.2, 0) is 24.0 Å². The standard InChI is InChI=1S/C60H64N8O11/c1-35(2)56(65-53(69)11-8-7-9-22-66-54(70)20-21-55(66)71)58(73)63-37(4)57(72)64-42-16-12-38(13-17-42)40-26-44-32-62-49-30-52(51(77-6)28-47(49)60(75)68(44)33-40)79-24-10-23-78-50-29-48-46(25-36(50)3)59(74)67-34-41(27-43(67)31-61-48)39-14-18-45(76-5)19-15-39/h12-21,25,28-35,37,43-44,56H,7-11,22-24,26-27H2,1-6H3,(H,63,73)(H,64,72)(H,65,69)/t37-,43-,44+,56-/m0/s1. The number of carbonyl (C=O) groups excluding carboxylic acids is 7. The fraction of sp³-hybridized carbons (Fsp3) is 0.350. The third-order valence-electron chi connectivity index (χ3n) is 14.4. The van der Waals surface area contributed by atoms with Gasteiger partial charge in [0.2, 0.25) is 17.7 Å². The molecular weight excluding hydrogens is 1010 g/mol. The number of fused-ring (bicyclic) bond motifs is 4. The lowest BCUT2D eigenvalue weighted by Crippen LogP contribution is -2.53. The quantitative estimate of drug-likeness (QED) is 0.0507. The van der Waals surface area contributed by atoms with E-state index in [1.807, 2.05) is 74.1 Å². The zero-order valence-electron chi connectivity index (χ0n) is 45.1. The lowest BCUT2D eigenvalue weighted by atomic mass is 10.0. The molecule has 4 atom stereocenters. The number of hydrogen-bond donors (Lipinski definition) is 3. The van der Waals surface area contributed by atoms with Gasteiger partial charge >= 0.3 is 0 Å². The monoisotopic (exact) mass is 1070 g/mol. The molecule has 0 unspecified atom stereocenters. The normalized spacial score (nSPS) is 17.7. The summed E-state index contributed by atoms with van der Waals surface area (Å²) in [5.74, 6) is -0.334. The molecule has 5 heterocycles. The molecular formula is C60H64N8O11. The molecule has 0 saturated carbocycles. The van der Waals surface area contributed by atoms with Crippen LogP contribution in [0.5, 0.6) is 23.0 Å². The van der Waals surface area contributed by atoms with Gasteiger partial charge in [-0.2, -0.15) is 0 Å². The number of hydrogen-bond acceptors (Lipinski definition) is 13. The molecule has 4 aromatic carbocycles. The van der Waals surface area contributed by atoms with Crippen LogP contribution in [0, 0.1) is 12.8 Å². The SMILES string of the molecule is COc1ccc(C2=CN3C(=O)c4cc(C)c(OCCCOc5cc6c(cc5OC)C(=O)N5C=C(c7ccc(NC(=O)[C@H](C)NC(=O)[C@@H](NC(=O)CCCCCN8C(=O)C=CC8=O)C(C)C)cc7)C[C@@H]5C=N6)cc4N=C[C@@H]3C2)cc1. The first-order valence-electron chi connectivity index (χ1n) is 26.6. The number of nitrogens with zero attached hydrogens (tertiary/aromatic N) is 5. The van der Waals surface area contributed by atoms with E-state index in [-0.39, 0.29) is 67.1 Å². The number of rotatable bonds is 22. The zero-order valence-corrected chi connectivity index (χ0v) is 45.1. The Morgan fingerprint density at radius 1 is 0.646 bits per heavy atom. The smallest absolute Gasteiger partial charge is 0.260 e. The lowest BCUT2D eigenvalue weighted by Gasteiger charge is -2.24. The van der Waals surface area contributed by atoms with Crippen LogP contribution in [0.1, 0.15) is 103 Å². The summed E-state index contributed by atoms with van der Waals surface area (Å²) in [6.45, 7) is 7.97. The molecule has 0 spiro atoms. The van der Waals surface area contributed by atoms with Crippen molar-refractivity contribution in [3.63, 3.8) is 0 Å². The maximum atomic E-state index is 14.1. The summed E-state index contributed by atoms with van der Waals surface area (Å²) in [6, 6.07) is 19.7. The average molecular weight is 1070 g/mol. The minimum atomic E-state index is -0.922. The Hall–Kier alpha value is -8.87. The van der Waals surface area contributed by atoms with Crippen molar-refractivity contribution in [1.82, 2.24) is 25.3 Å². The largest absolute Gasteiger partial charge is 0.497 e. The predicted molar refractivity (Wildman–Crippen MR) is 298 cm³/mol. The molecule has 5 aliphatic heterocycles. The number of aliphatic imine (C=N–C) groups is 2. The molecule has 9 rings (SSSR count).